The average molecular weight is 238 g/mol. The molecule has 0 saturated carbocycles. The Morgan fingerprint density at radius 2 is 1.83 bits per heavy atom. The lowest BCUT2D eigenvalue weighted by Crippen LogP contribution is -2.10. The van der Waals surface area contributed by atoms with E-state index in [-0.39, 0.29) is 6.04 Å². The van der Waals surface area contributed by atoms with Crippen LogP contribution in [-0.4, -0.2) is 4.98 Å². The number of benzene rings is 2. The zero-order valence-electron chi connectivity index (χ0n) is 10.6. The number of hydrogen-bond donors (Lipinski definition) is 2. The third kappa shape index (κ3) is 1.70. The Morgan fingerprint density at radius 3 is 2.67 bits per heavy atom. The molecule has 1 atom stereocenters. The average Bonchev–Trinajstić information content (AvgIpc) is 2.77. The topological polar surface area (TPSA) is 41.8 Å². The lowest BCUT2D eigenvalue weighted by atomic mass is 10.0. The van der Waals surface area contributed by atoms with Gasteiger partial charge in [0.25, 0.3) is 0 Å². The summed E-state index contributed by atoms with van der Waals surface area (Å²) in [5.41, 5.74) is 9.88. The molecule has 2 aromatic carbocycles. The first kappa shape index (κ1) is 11.3. The molecule has 0 fully saturated rings. The first-order valence-electron chi connectivity index (χ1n) is 6.56. The summed E-state index contributed by atoms with van der Waals surface area (Å²) >= 11 is 0. The molecule has 0 saturated heterocycles. The lowest BCUT2D eigenvalue weighted by Gasteiger charge is -2.11. The maximum atomic E-state index is 6.27. The van der Waals surface area contributed by atoms with Gasteiger partial charge in [-0.15, -0.1) is 0 Å². The van der Waals surface area contributed by atoms with Crippen LogP contribution in [0.25, 0.3) is 21.8 Å². The summed E-state index contributed by atoms with van der Waals surface area (Å²) in [6.45, 7) is 2.17. The summed E-state index contributed by atoms with van der Waals surface area (Å²) in [5, 5.41) is 2.55. The minimum atomic E-state index is 0.117. The van der Waals surface area contributed by atoms with Crippen LogP contribution in [0.2, 0.25) is 0 Å². The molecule has 3 aromatic rings. The van der Waals surface area contributed by atoms with Crippen LogP contribution in [0.3, 0.4) is 0 Å². The maximum absolute atomic E-state index is 6.27. The number of H-pyrrole nitrogens is 1. The van der Waals surface area contributed by atoms with Crippen LogP contribution < -0.4 is 5.73 Å². The molecule has 92 valence electrons. The smallest absolute Gasteiger partial charge is 0.0513 e. The van der Waals surface area contributed by atoms with Crippen molar-refractivity contribution in [3.05, 3.63) is 48.0 Å². The van der Waals surface area contributed by atoms with Gasteiger partial charge in [0.1, 0.15) is 0 Å². The summed E-state index contributed by atoms with van der Waals surface area (Å²) in [5.74, 6) is 0. The zero-order valence-corrected chi connectivity index (χ0v) is 10.6. The normalized spacial score (nSPS) is 13.2. The van der Waals surface area contributed by atoms with Crippen LogP contribution in [-0.2, 0) is 0 Å². The van der Waals surface area contributed by atoms with Crippen molar-refractivity contribution in [1.82, 2.24) is 4.98 Å². The Hall–Kier alpha value is -1.80. The molecule has 2 nitrogen and oxygen atoms in total. The molecule has 0 aliphatic carbocycles. The Kier molecular flexibility index (Phi) is 2.80. The molecule has 0 bridgehead atoms. The van der Waals surface area contributed by atoms with E-state index in [1.54, 1.807) is 0 Å². The molecule has 1 unspecified atom stereocenters. The molecule has 2 heteroatoms. The summed E-state index contributed by atoms with van der Waals surface area (Å²) in [6.07, 6.45) is 2.13. The van der Waals surface area contributed by atoms with Gasteiger partial charge in [-0.25, -0.2) is 0 Å². The van der Waals surface area contributed by atoms with Gasteiger partial charge in [0.15, 0.2) is 0 Å². The van der Waals surface area contributed by atoms with Gasteiger partial charge in [0, 0.05) is 22.3 Å². The van der Waals surface area contributed by atoms with Gasteiger partial charge in [-0.1, -0.05) is 49.7 Å². The van der Waals surface area contributed by atoms with Crippen molar-refractivity contribution in [2.24, 2.45) is 5.73 Å². The number of aromatic nitrogens is 1. The SMILES string of the molecule is CCCC(N)c1cccc2c1[nH]c1ccccc12. The highest BCUT2D eigenvalue weighted by Gasteiger charge is 2.12. The quantitative estimate of drug-likeness (QED) is 0.708. The molecular formula is C16H18N2. The highest BCUT2D eigenvalue weighted by molar-refractivity contribution is 6.08. The number of hydrogen-bond acceptors (Lipinski definition) is 1. The maximum Gasteiger partial charge on any atom is 0.0513 e. The number of aromatic amines is 1. The molecule has 0 aliphatic rings. The summed E-state index contributed by atoms with van der Waals surface area (Å²) in [6, 6.07) is 14.9. The minimum absolute atomic E-state index is 0.117. The highest BCUT2D eigenvalue weighted by Crippen LogP contribution is 2.30. The predicted octanol–water partition coefficient (Wildman–Crippen LogP) is 4.12. The van der Waals surface area contributed by atoms with Gasteiger partial charge in [-0.05, 0) is 18.1 Å². The monoisotopic (exact) mass is 238 g/mol. The Bertz CT molecular complexity index is 682. The van der Waals surface area contributed by atoms with Crippen LogP contribution in [0.15, 0.2) is 42.5 Å². The van der Waals surface area contributed by atoms with Crippen molar-refractivity contribution < 1.29 is 0 Å². The van der Waals surface area contributed by atoms with Crippen molar-refractivity contribution in [3.63, 3.8) is 0 Å². The van der Waals surface area contributed by atoms with E-state index in [1.807, 2.05) is 0 Å². The number of nitrogens with one attached hydrogen (secondary N) is 1. The fraction of sp³-hybridized carbons (Fsp3) is 0.250. The van der Waals surface area contributed by atoms with E-state index in [4.69, 9.17) is 5.73 Å². The fourth-order valence-electron chi connectivity index (χ4n) is 2.67. The number of rotatable bonds is 3. The molecule has 1 aromatic heterocycles. The molecule has 1 heterocycles. The van der Waals surface area contributed by atoms with E-state index in [1.165, 1.54) is 27.4 Å². The largest absolute Gasteiger partial charge is 0.354 e. The van der Waals surface area contributed by atoms with E-state index in [2.05, 4.69) is 54.4 Å². The third-order valence-electron chi connectivity index (χ3n) is 3.57. The second-order valence-corrected chi connectivity index (χ2v) is 4.84. The third-order valence-corrected chi connectivity index (χ3v) is 3.57. The zero-order chi connectivity index (χ0) is 12.5. The molecular weight excluding hydrogens is 220 g/mol. The van der Waals surface area contributed by atoms with Crippen molar-refractivity contribution in [1.29, 1.82) is 0 Å². The van der Waals surface area contributed by atoms with Crippen molar-refractivity contribution >= 4 is 21.8 Å². The van der Waals surface area contributed by atoms with Crippen molar-refractivity contribution in [3.8, 4) is 0 Å². The first-order chi connectivity index (χ1) is 8.81. The second-order valence-electron chi connectivity index (χ2n) is 4.84. The minimum Gasteiger partial charge on any atom is -0.354 e. The second kappa shape index (κ2) is 4.46. The van der Waals surface area contributed by atoms with Crippen LogP contribution >= 0.6 is 0 Å². The van der Waals surface area contributed by atoms with Gasteiger partial charge < -0.3 is 10.7 Å². The summed E-state index contributed by atoms with van der Waals surface area (Å²) < 4.78 is 0. The van der Waals surface area contributed by atoms with Crippen LogP contribution in [0.1, 0.15) is 31.4 Å². The van der Waals surface area contributed by atoms with E-state index in [9.17, 15) is 0 Å². The van der Waals surface area contributed by atoms with E-state index >= 15 is 0 Å². The molecule has 18 heavy (non-hydrogen) atoms. The van der Waals surface area contributed by atoms with Crippen molar-refractivity contribution in [2.75, 3.05) is 0 Å². The Morgan fingerprint density at radius 1 is 1.06 bits per heavy atom. The molecule has 3 rings (SSSR count). The van der Waals surface area contributed by atoms with Gasteiger partial charge in [-0.2, -0.15) is 0 Å². The van der Waals surface area contributed by atoms with Gasteiger partial charge in [-0.3, -0.25) is 0 Å². The molecule has 0 amide bonds. The van der Waals surface area contributed by atoms with E-state index in [0.29, 0.717) is 0 Å². The van der Waals surface area contributed by atoms with E-state index < -0.39 is 0 Å². The van der Waals surface area contributed by atoms with Gasteiger partial charge in [0.2, 0.25) is 0 Å². The van der Waals surface area contributed by atoms with E-state index in [0.717, 1.165) is 12.8 Å². The highest BCUT2D eigenvalue weighted by atomic mass is 14.7. The number of para-hydroxylation sites is 2. The summed E-state index contributed by atoms with van der Waals surface area (Å²) in [7, 11) is 0. The standard InChI is InChI=1S/C16H18N2/c1-2-6-14(17)13-9-5-8-12-11-7-3-4-10-15(11)18-16(12)13/h3-5,7-10,14,18H,2,6,17H2,1H3. The predicted molar refractivity (Wildman–Crippen MR) is 77.6 cm³/mol. The Balaban J connectivity index is 2.27. The first-order valence-corrected chi connectivity index (χ1v) is 6.56. The van der Waals surface area contributed by atoms with Crippen LogP contribution in [0, 0.1) is 0 Å². The molecule has 0 aliphatic heterocycles. The Labute approximate surface area is 107 Å². The van der Waals surface area contributed by atoms with Gasteiger partial charge in [0.05, 0.1) is 5.52 Å². The van der Waals surface area contributed by atoms with Crippen molar-refractivity contribution in [2.45, 2.75) is 25.8 Å². The molecule has 3 N–H and O–H groups in total. The molecule has 0 radical (unpaired) electrons. The summed E-state index contributed by atoms with van der Waals surface area (Å²) in [4.78, 5) is 3.51. The molecule has 0 spiro atoms. The number of nitrogens with two attached hydrogens (primary N) is 1. The number of fused-ring (bicyclic) bond motifs is 3. The van der Waals surface area contributed by atoms with Crippen LogP contribution in [0.4, 0.5) is 0 Å². The van der Waals surface area contributed by atoms with Gasteiger partial charge >= 0.3 is 0 Å². The fourth-order valence-corrected chi connectivity index (χ4v) is 2.67. The lowest BCUT2D eigenvalue weighted by molar-refractivity contribution is 0.642. The van der Waals surface area contributed by atoms with Crippen LogP contribution in [0.5, 0.6) is 0 Å².